The van der Waals surface area contributed by atoms with Gasteiger partial charge in [-0.25, -0.2) is 4.79 Å². The van der Waals surface area contributed by atoms with E-state index in [-0.39, 0.29) is 52.0 Å². The normalized spacial score (nSPS) is 14.0. The van der Waals surface area contributed by atoms with Crippen LogP contribution in [-0.4, -0.2) is 30.4 Å². The molecular formula is C24H46O5Y-2. The maximum atomic E-state index is 12.6. The number of ether oxygens (including phenoxy) is 3. The molecule has 1 atom stereocenters. The molecule has 0 N–H and O–H groups in total. The molecule has 30 heavy (non-hydrogen) atoms. The molecule has 0 aromatic rings. The van der Waals surface area contributed by atoms with Crippen LogP contribution in [0.25, 0.3) is 0 Å². The molecule has 1 radical (unpaired) electrons. The van der Waals surface area contributed by atoms with E-state index in [4.69, 9.17) is 14.2 Å². The Morgan fingerprint density at radius 2 is 1.17 bits per heavy atom. The molecule has 177 valence electrons. The van der Waals surface area contributed by atoms with Crippen molar-refractivity contribution in [2.45, 2.75) is 100 Å². The molecule has 0 aromatic heterocycles. The Morgan fingerprint density at radius 1 is 0.800 bits per heavy atom. The van der Waals surface area contributed by atoms with Gasteiger partial charge in [0.15, 0.2) is 0 Å². The molecule has 0 rings (SSSR count). The Balaban J connectivity index is -0.00000364. The first-order valence-electron chi connectivity index (χ1n) is 10.1. The Bertz CT molecular complexity index is 562. The van der Waals surface area contributed by atoms with Crippen LogP contribution in [0.4, 0.5) is 4.79 Å². The Kier molecular flexibility index (Phi) is 13.4. The molecule has 0 aliphatic carbocycles. The van der Waals surface area contributed by atoms with Crippen LogP contribution >= 0.6 is 0 Å². The summed E-state index contributed by atoms with van der Waals surface area (Å²) in [6.45, 7) is 26.0. The zero-order chi connectivity index (χ0) is 22.8. The van der Waals surface area contributed by atoms with E-state index >= 15 is 0 Å². The van der Waals surface area contributed by atoms with Crippen LogP contribution < -0.4 is 0 Å². The van der Waals surface area contributed by atoms with E-state index in [9.17, 15) is 9.59 Å². The number of carbonyl (C=O) groups excluding carboxylic acids is 2. The van der Waals surface area contributed by atoms with Gasteiger partial charge in [-0.3, -0.25) is 4.79 Å². The standard InChI is InChI=1S/C23H43O5.CH3.Y/c1-14-15-16(2)17(24)27-22(9,10)20(5,6)19(3,4)21(7,8)23(11,12)28-18(25)26-13;;/h16H,1,14-15H2,2-13H3;1H3;/q2*-1;. The van der Waals surface area contributed by atoms with Crippen molar-refractivity contribution >= 4 is 12.1 Å². The van der Waals surface area contributed by atoms with Crippen molar-refractivity contribution in [2.24, 2.45) is 22.2 Å². The fourth-order valence-electron chi connectivity index (χ4n) is 3.57. The van der Waals surface area contributed by atoms with Crippen LogP contribution in [0.3, 0.4) is 0 Å². The maximum Gasteiger partial charge on any atom is 0.508 e. The molecule has 0 fully saturated rings. The first-order chi connectivity index (χ1) is 12.3. The number of methoxy groups -OCH3 is 1. The third kappa shape index (κ3) is 6.67. The van der Waals surface area contributed by atoms with Crippen molar-refractivity contribution in [3.8, 4) is 0 Å². The smallest absolute Gasteiger partial charge is 0.459 e. The second kappa shape index (κ2) is 11.6. The van der Waals surface area contributed by atoms with Gasteiger partial charge in [-0.1, -0.05) is 54.9 Å². The van der Waals surface area contributed by atoms with Crippen LogP contribution in [-0.2, 0) is 51.7 Å². The summed E-state index contributed by atoms with van der Waals surface area (Å²) >= 11 is 0. The van der Waals surface area contributed by atoms with Gasteiger partial charge >= 0.3 is 12.1 Å². The molecule has 0 heterocycles. The minimum Gasteiger partial charge on any atom is -0.459 e. The molecule has 0 amide bonds. The molecule has 0 saturated carbocycles. The largest absolute Gasteiger partial charge is 0.508 e. The van der Waals surface area contributed by atoms with Crippen molar-refractivity contribution in [3.63, 3.8) is 0 Å². The number of esters is 1. The molecule has 0 spiro atoms. The minimum atomic E-state index is -0.817. The topological polar surface area (TPSA) is 61.8 Å². The molecule has 5 nitrogen and oxygen atoms in total. The van der Waals surface area contributed by atoms with Gasteiger partial charge in [-0.05, 0) is 33.1 Å². The molecule has 0 aromatic carbocycles. The predicted molar refractivity (Wildman–Crippen MR) is 119 cm³/mol. The van der Waals surface area contributed by atoms with Crippen LogP contribution in [0.1, 0.15) is 89.0 Å². The second-order valence-corrected chi connectivity index (χ2v) is 10.4. The van der Waals surface area contributed by atoms with Gasteiger partial charge in [0.2, 0.25) is 0 Å². The molecule has 0 aliphatic heterocycles. The number of rotatable bonds is 9. The summed E-state index contributed by atoms with van der Waals surface area (Å²) in [4.78, 5) is 24.4. The van der Waals surface area contributed by atoms with Crippen molar-refractivity contribution in [2.75, 3.05) is 7.11 Å². The van der Waals surface area contributed by atoms with Crippen LogP contribution in [0.5, 0.6) is 0 Å². The molecule has 0 saturated heterocycles. The zero-order valence-corrected chi connectivity index (χ0v) is 24.7. The third-order valence-electron chi connectivity index (χ3n) is 8.04. The van der Waals surface area contributed by atoms with Gasteiger partial charge in [-0.15, -0.1) is 0 Å². The molecule has 0 aliphatic rings. The van der Waals surface area contributed by atoms with Crippen molar-refractivity contribution in [1.82, 2.24) is 0 Å². The third-order valence-corrected chi connectivity index (χ3v) is 8.04. The molecule has 1 unspecified atom stereocenters. The molecule has 0 bridgehead atoms. The van der Waals surface area contributed by atoms with Crippen LogP contribution in [0.2, 0.25) is 0 Å². The average Bonchev–Trinajstić information content (AvgIpc) is 2.53. The summed E-state index contributed by atoms with van der Waals surface area (Å²) in [6, 6.07) is 0. The van der Waals surface area contributed by atoms with Crippen molar-refractivity contribution in [3.05, 3.63) is 14.4 Å². The van der Waals surface area contributed by atoms with Crippen LogP contribution in [0, 0.1) is 36.5 Å². The van der Waals surface area contributed by atoms with Gasteiger partial charge in [0.1, 0.15) is 11.2 Å². The van der Waals surface area contributed by atoms with Gasteiger partial charge in [-0.2, -0.15) is 6.42 Å². The average molecular weight is 504 g/mol. The Labute approximate surface area is 211 Å². The zero-order valence-electron chi connectivity index (χ0n) is 21.8. The van der Waals surface area contributed by atoms with E-state index in [2.05, 4.69) is 48.5 Å². The Morgan fingerprint density at radius 3 is 1.50 bits per heavy atom. The van der Waals surface area contributed by atoms with E-state index in [0.29, 0.717) is 12.8 Å². The monoisotopic (exact) mass is 503 g/mol. The fraction of sp³-hybridized carbons (Fsp3) is 0.833. The number of hydrogen-bond acceptors (Lipinski definition) is 5. The number of hydrogen-bond donors (Lipinski definition) is 0. The van der Waals surface area contributed by atoms with E-state index in [1.807, 2.05) is 34.6 Å². The fourth-order valence-corrected chi connectivity index (χ4v) is 3.57. The van der Waals surface area contributed by atoms with Gasteiger partial charge in [0, 0.05) is 43.5 Å². The van der Waals surface area contributed by atoms with E-state index in [0.717, 1.165) is 0 Å². The van der Waals surface area contributed by atoms with E-state index in [1.54, 1.807) is 0 Å². The predicted octanol–water partition coefficient (Wildman–Crippen LogP) is 6.65. The van der Waals surface area contributed by atoms with Crippen molar-refractivity contribution in [1.29, 1.82) is 0 Å². The summed E-state index contributed by atoms with van der Waals surface area (Å²) in [6.07, 6.45) is 0.682. The number of carbonyl (C=O) groups is 2. The molecular weight excluding hydrogens is 457 g/mol. The van der Waals surface area contributed by atoms with E-state index in [1.165, 1.54) is 7.11 Å². The maximum absolute atomic E-state index is 12.6. The van der Waals surface area contributed by atoms with Gasteiger partial charge in [0.25, 0.3) is 0 Å². The summed E-state index contributed by atoms with van der Waals surface area (Å²) in [5, 5.41) is 0. The van der Waals surface area contributed by atoms with E-state index < -0.39 is 33.6 Å². The summed E-state index contributed by atoms with van der Waals surface area (Å²) < 4.78 is 16.3. The summed E-state index contributed by atoms with van der Waals surface area (Å²) in [7, 11) is 1.30. The Hall–Kier alpha value is -0.156. The summed E-state index contributed by atoms with van der Waals surface area (Å²) in [5.74, 6) is -0.400. The van der Waals surface area contributed by atoms with Gasteiger partial charge in [0.05, 0.1) is 13.0 Å². The van der Waals surface area contributed by atoms with Crippen LogP contribution in [0.15, 0.2) is 0 Å². The van der Waals surface area contributed by atoms with Gasteiger partial charge < -0.3 is 28.6 Å². The quantitative estimate of drug-likeness (QED) is 0.261. The molecule has 6 heteroatoms. The second-order valence-electron chi connectivity index (χ2n) is 10.4. The van der Waals surface area contributed by atoms with Crippen molar-refractivity contribution < 1.29 is 56.5 Å². The minimum absolute atomic E-state index is 0. The first kappa shape index (κ1) is 34.5. The first-order valence-corrected chi connectivity index (χ1v) is 10.1. The SMILES string of the molecule is [CH2-]CCC(C)C(=O)OC(C)(C)C(C)(C)C(C)(C)C(C)(C)C(C)(C)OC(=O)OC.[CH3-].[Y]. The summed E-state index contributed by atoms with van der Waals surface area (Å²) in [5.41, 5.74) is -2.92.